The van der Waals surface area contributed by atoms with E-state index in [-0.39, 0.29) is 11.1 Å². The summed E-state index contributed by atoms with van der Waals surface area (Å²) in [7, 11) is -2.80. The second-order valence-corrected chi connectivity index (χ2v) is 19.5. The van der Waals surface area contributed by atoms with Crippen molar-refractivity contribution in [3.63, 3.8) is 0 Å². The third kappa shape index (κ3) is 7.58. The van der Waals surface area contributed by atoms with Crippen LogP contribution in [0.5, 0.6) is 5.75 Å². The van der Waals surface area contributed by atoms with Crippen molar-refractivity contribution in [3.8, 4) is 5.75 Å². The van der Waals surface area contributed by atoms with Gasteiger partial charge in [0.2, 0.25) is 0 Å². The van der Waals surface area contributed by atoms with Crippen LogP contribution in [-0.2, 0) is 17.3 Å². The molecule has 0 saturated carbocycles. The van der Waals surface area contributed by atoms with Crippen LogP contribution >= 0.6 is 11.6 Å². The van der Waals surface area contributed by atoms with Crippen LogP contribution in [0, 0.1) is 0 Å². The quantitative estimate of drug-likeness (QED) is 0.0822. The zero-order chi connectivity index (χ0) is 37.5. The third-order valence-electron chi connectivity index (χ3n) is 10.4. The molecule has 0 aliphatic rings. The van der Waals surface area contributed by atoms with Crippen molar-refractivity contribution in [1.29, 1.82) is 0 Å². The van der Waals surface area contributed by atoms with Gasteiger partial charge in [0, 0.05) is 46.6 Å². The van der Waals surface area contributed by atoms with E-state index >= 15 is 0 Å². The fraction of sp³-hybridized carbons (Fsp3) is 0.188. The van der Waals surface area contributed by atoms with Gasteiger partial charge in [-0.25, -0.2) is 0 Å². The molecule has 6 heteroatoms. The lowest BCUT2D eigenvalue weighted by Crippen LogP contribution is -2.66. The minimum atomic E-state index is -2.80. The van der Waals surface area contributed by atoms with Crippen LogP contribution in [0.25, 0.3) is 10.9 Å². The molecule has 0 aliphatic heterocycles. The Balaban J connectivity index is 1.37. The van der Waals surface area contributed by atoms with Crippen molar-refractivity contribution in [1.82, 2.24) is 4.57 Å². The summed E-state index contributed by atoms with van der Waals surface area (Å²) in [5.41, 5.74) is 6.52. The Morgan fingerprint density at radius 2 is 1.20 bits per heavy atom. The molecule has 1 aromatic heterocycles. The molecular formula is C48H46ClNO3Si. The van der Waals surface area contributed by atoms with Gasteiger partial charge in [0.05, 0.1) is 12.6 Å². The normalized spacial score (nSPS) is 11.9. The molecule has 0 radical (unpaired) electrons. The van der Waals surface area contributed by atoms with Gasteiger partial charge < -0.3 is 13.7 Å². The third-order valence-corrected chi connectivity index (χ3v) is 15.7. The average molecular weight is 748 g/mol. The minimum Gasteiger partial charge on any atom is -0.493 e. The standard InChI is InChI=1S/C48H46ClNO3Si/c1-48(2,3)54(41-20-12-6-13-21-41,42-22-14-7-15-23-42)53-33-31-46-43(30-32-52-40-27-24-36(35-51)25-28-40)44-34-39(49)26-29-45(44)50(46)47(37-16-8-4-9-17-37)38-18-10-5-11-19-38/h4-29,34-35,47H,30-33H2,1-3H3. The first-order chi connectivity index (χ1) is 26.3. The van der Waals surface area contributed by atoms with E-state index in [1.54, 1.807) is 12.1 Å². The summed E-state index contributed by atoms with van der Waals surface area (Å²) in [6.07, 6.45) is 2.18. The minimum absolute atomic E-state index is 0.0931. The number of halogens is 1. The summed E-state index contributed by atoms with van der Waals surface area (Å²) in [5, 5.41) is 4.17. The van der Waals surface area contributed by atoms with Gasteiger partial charge in [-0.05, 0) is 74.6 Å². The molecule has 6 aromatic carbocycles. The van der Waals surface area contributed by atoms with E-state index in [9.17, 15) is 4.79 Å². The predicted molar refractivity (Wildman–Crippen MR) is 225 cm³/mol. The number of aldehydes is 1. The van der Waals surface area contributed by atoms with E-state index in [1.165, 1.54) is 32.8 Å². The molecule has 0 aliphatic carbocycles. The summed E-state index contributed by atoms with van der Waals surface area (Å²) in [4.78, 5) is 11.3. The number of nitrogens with zero attached hydrogens (tertiary/aromatic N) is 1. The monoisotopic (exact) mass is 747 g/mol. The van der Waals surface area contributed by atoms with Gasteiger partial charge in [-0.1, -0.05) is 154 Å². The molecule has 0 N–H and O–H groups in total. The lowest BCUT2D eigenvalue weighted by atomic mass is 9.97. The van der Waals surface area contributed by atoms with Crippen LogP contribution in [0.15, 0.2) is 164 Å². The summed E-state index contributed by atoms with van der Waals surface area (Å²) < 4.78 is 16.4. The molecule has 0 saturated heterocycles. The Kier molecular flexibility index (Phi) is 11.3. The molecule has 0 amide bonds. The van der Waals surface area contributed by atoms with Crippen LogP contribution in [0.1, 0.15) is 59.6 Å². The number of carbonyl (C=O) groups is 1. The maximum absolute atomic E-state index is 11.3. The van der Waals surface area contributed by atoms with E-state index in [0.717, 1.165) is 22.9 Å². The molecule has 0 spiro atoms. The lowest BCUT2D eigenvalue weighted by molar-refractivity contribution is 0.112. The fourth-order valence-corrected chi connectivity index (χ4v) is 12.7. The number of carbonyl (C=O) groups excluding carboxylic acids is 1. The average Bonchev–Trinajstić information content (AvgIpc) is 3.49. The number of fused-ring (bicyclic) bond motifs is 1. The summed E-state index contributed by atoms with van der Waals surface area (Å²) in [5.74, 6) is 0.727. The van der Waals surface area contributed by atoms with Crippen molar-refractivity contribution in [2.24, 2.45) is 0 Å². The van der Waals surface area contributed by atoms with Crippen molar-refractivity contribution < 1.29 is 14.0 Å². The number of rotatable bonds is 14. The Bertz CT molecular complexity index is 2210. The highest BCUT2D eigenvalue weighted by atomic mass is 35.5. The van der Waals surface area contributed by atoms with Crippen LogP contribution in [0.3, 0.4) is 0 Å². The van der Waals surface area contributed by atoms with Crippen molar-refractivity contribution in [2.45, 2.75) is 44.7 Å². The highest BCUT2D eigenvalue weighted by Crippen LogP contribution is 2.40. The van der Waals surface area contributed by atoms with Gasteiger partial charge in [-0.2, -0.15) is 0 Å². The Labute approximate surface area is 325 Å². The molecule has 0 atom stereocenters. The highest BCUT2D eigenvalue weighted by Gasteiger charge is 2.50. The summed E-state index contributed by atoms with van der Waals surface area (Å²) in [6.45, 7) is 7.95. The van der Waals surface area contributed by atoms with Crippen molar-refractivity contribution in [3.05, 3.63) is 197 Å². The topological polar surface area (TPSA) is 40.5 Å². The van der Waals surface area contributed by atoms with E-state index in [1.807, 2.05) is 18.2 Å². The van der Waals surface area contributed by atoms with Crippen molar-refractivity contribution in [2.75, 3.05) is 13.2 Å². The van der Waals surface area contributed by atoms with E-state index in [4.69, 9.17) is 20.8 Å². The molecule has 272 valence electrons. The van der Waals surface area contributed by atoms with Gasteiger partial charge >= 0.3 is 0 Å². The first kappa shape index (κ1) is 37.1. The van der Waals surface area contributed by atoms with E-state index < -0.39 is 8.32 Å². The van der Waals surface area contributed by atoms with Gasteiger partial charge in [-0.3, -0.25) is 4.79 Å². The van der Waals surface area contributed by atoms with Crippen LogP contribution < -0.4 is 15.1 Å². The van der Waals surface area contributed by atoms with Gasteiger partial charge in [-0.15, -0.1) is 0 Å². The van der Waals surface area contributed by atoms with Crippen LogP contribution in [-0.4, -0.2) is 32.4 Å². The van der Waals surface area contributed by atoms with Crippen LogP contribution in [0.4, 0.5) is 0 Å². The molecular weight excluding hydrogens is 702 g/mol. The molecule has 54 heavy (non-hydrogen) atoms. The predicted octanol–water partition coefficient (Wildman–Crippen LogP) is 10.5. The fourth-order valence-electron chi connectivity index (χ4n) is 7.99. The van der Waals surface area contributed by atoms with E-state index in [0.29, 0.717) is 36.6 Å². The number of aromatic nitrogens is 1. The summed E-state index contributed by atoms with van der Waals surface area (Å²) in [6, 6.07) is 56.6. The number of benzene rings is 6. The zero-order valence-corrected chi connectivity index (χ0v) is 32.9. The van der Waals surface area contributed by atoms with E-state index in [2.05, 4.69) is 159 Å². The van der Waals surface area contributed by atoms with Gasteiger partial charge in [0.25, 0.3) is 8.32 Å². The molecule has 0 unspecified atom stereocenters. The summed E-state index contributed by atoms with van der Waals surface area (Å²) >= 11 is 6.79. The zero-order valence-electron chi connectivity index (χ0n) is 31.1. The Morgan fingerprint density at radius 1 is 0.667 bits per heavy atom. The highest BCUT2D eigenvalue weighted by molar-refractivity contribution is 6.99. The second kappa shape index (κ2) is 16.4. The molecule has 0 bridgehead atoms. The van der Waals surface area contributed by atoms with Gasteiger partial charge in [0.1, 0.15) is 12.0 Å². The lowest BCUT2D eigenvalue weighted by Gasteiger charge is -2.43. The molecule has 1 heterocycles. The number of ether oxygens (including phenoxy) is 1. The first-order valence-corrected chi connectivity index (χ1v) is 20.9. The Morgan fingerprint density at radius 3 is 1.72 bits per heavy atom. The SMILES string of the molecule is CC(C)(C)[Si](OCCc1c(CCOc2ccc(C=O)cc2)c2cc(Cl)ccc2n1C(c1ccccc1)c1ccccc1)(c1ccccc1)c1ccccc1. The number of hydrogen-bond donors (Lipinski definition) is 0. The smallest absolute Gasteiger partial charge is 0.261 e. The first-order valence-electron chi connectivity index (χ1n) is 18.6. The van der Waals surface area contributed by atoms with Crippen LogP contribution in [0.2, 0.25) is 10.1 Å². The number of hydrogen-bond acceptors (Lipinski definition) is 3. The van der Waals surface area contributed by atoms with Crippen molar-refractivity contribution >= 4 is 47.5 Å². The molecule has 7 aromatic rings. The maximum atomic E-state index is 11.3. The molecule has 7 rings (SSSR count). The maximum Gasteiger partial charge on any atom is 0.261 e. The molecule has 0 fully saturated rings. The van der Waals surface area contributed by atoms with Gasteiger partial charge in [0.15, 0.2) is 0 Å². The Hall–Kier alpha value is -5.20. The largest absolute Gasteiger partial charge is 0.493 e. The second-order valence-electron chi connectivity index (χ2n) is 14.7. The molecule has 4 nitrogen and oxygen atoms in total.